The maximum Gasteiger partial charge on any atom is 0.120 e. The molecule has 120 valence electrons. The van der Waals surface area contributed by atoms with Gasteiger partial charge >= 0.3 is 0 Å². The third kappa shape index (κ3) is 6.09. The molecule has 0 radical (unpaired) electrons. The van der Waals surface area contributed by atoms with Gasteiger partial charge in [0.1, 0.15) is 5.75 Å². The molecule has 1 rings (SSSR count). The number of nitrogens with zero attached hydrogens (tertiary/aromatic N) is 1. The lowest BCUT2D eigenvalue weighted by atomic mass is 9.99. The van der Waals surface area contributed by atoms with Gasteiger partial charge in [-0.1, -0.05) is 52.8 Å². The fourth-order valence-corrected chi connectivity index (χ4v) is 2.72. The minimum Gasteiger partial charge on any atom is -0.508 e. The van der Waals surface area contributed by atoms with Gasteiger partial charge in [0.25, 0.3) is 0 Å². The SMILES string of the molecule is CCC(c1ccccc1O)N(CCC(C)C)CCC(C)C. The van der Waals surface area contributed by atoms with Crippen molar-refractivity contribution in [2.24, 2.45) is 11.8 Å². The molecule has 0 aliphatic rings. The van der Waals surface area contributed by atoms with Gasteiger partial charge in [0, 0.05) is 11.6 Å². The Bertz CT molecular complexity index is 388. The van der Waals surface area contributed by atoms with Crippen LogP contribution in [0.3, 0.4) is 0 Å². The number of phenols is 1. The Morgan fingerprint density at radius 2 is 1.48 bits per heavy atom. The van der Waals surface area contributed by atoms with Crippen molar-refractivity contribution in [1.82, 2.24) is 4.90 Å². The van der Waals surface area contributed by atoms with Gasteiger partial charge in [-0.3, -0.25) is 4.90 Å². The quantitative estimate of drug-likeness (QED) is 0.672. The first-order chi connectivity index (χ1) is 9.95. The van der Waals surface area contributed by atoms with Crippen molar-refractivity contribution in [2.45, 2.75) is 59.9 Å². The summed E-state index contributed by atoms with van der Waals surface area (Å²) in [7, 11) is 0. The predicted molar refractivity (Wildman–Crippen MR) is 91.6 cm³/mol. The van der Waals surface area contributed by atoms with E-state index in [1.165, 1.54) is 12.8 Å². The molecule has 0 fully saturated rings. The molecule has 0 aliphatic carbocycles. The van der Waals surface area contributed by atoms with E-state index in [-0.39, 0.29) is 0 Å². The summed E-state index contributed by atoms with van der Waals surface area (Å²) in [6.07, 6.45) is 3.46. The summed E-state index contributed by atoms with van der Waals surface area (Å²) in [5.41, 5.74) is 1.08. The normalized spacial score (nSPS) is 13.3. The van der Waals surface area contributed by atoms with Crippen molar-refractivity contribution in [3.05, 3.63) is 29.8 Å². The molecule has 2 nitrogen and oxygen atoms in total. The van der Waals surface area contributed by atoms with Crippen LogP contribution in [0, 0.1) is 11.8 Å². The maximum atomic E-state index is 10.2. The lowest BCUT2D eigenvalue weighted by Crippen LogP contribution is -2.32. The molecule has 0 spiro atoms. The third-order valence-electron chi connectivity index (χ3n) is 4.11. The fraction of sp³-hybridized carbons (Fsp3) is 0.684. The van der Waals surface area contributed by atoms with E-state index >= 15 is 0 Å². The van der Waals surface area contributed by atoms with Crippen molar-refractivity contribution in [1.29, 1.82) is 0 Å². The van der Waals surface area contributed by atoms with Crippen molar-refractivity contribution in [3.8, 4) is 5.75 Å². The Labute approximate surface area is 131 Å². The van der Waals surface area contributed by atoms with Gasteiger partial charge in [-0.25, -0.2) is 0 Å². The van der Waals surface area contributed by atoms with Crippen LogP contribution in [-0.4, -0.2) is 23.1 Å². The lowest BCUT2D eigenvalue weighted by molar-refractivity contribution is 0.170. The molecule has 1 aromatic rings. The zero-order chi connectivity index (χ0) is 15.8. The first kappa shape index (κ1) is 18.0. The van der Waals surface area contributed by atoms with Crippen LogP contribution in [0.2, 0.25) is 0 Å². The minimum absolute atomic E-state index is 0.323. The highest BCUT2D eigenvalue weighted by atomic mass is 16.3. The molecule has 1 aromatic carbocycles. The van der Waals surface area contributed by atoms with Crippen LogP contribution in [-0.2, 0) is 0 Å². The number of benzene rings is 1. The summed E-state index contributed by atoms with van der Waals surface area (Å²) in [5.74, 6) is 1.87. The Morgan fingerprint density at radius 3 is 1.90 bits per heavy atom. The average Bonchev–Trinajstić information content (AvgIpc) is 2.43. The van der Waals surface area contributed by atoms with Crippen LogP contribution in [0.1, 0.15) is 65.5 Å². The molecule has 0 bridgehead atoms. The van der Waals surface area contributed by atoms with Crippen molar-refractivity contribution < 1.29 is 5.11 Å². The molecule has 2 heteroatoms. The van der Waals surface area contributed by atoms with Crippen molar-refractivity contribution in [2.75, 3.05) is 13.1 Å². The van der Waals surface area contributed by atoms with Gasteiger partial charge in [0.15, 0.2) is 0 Å². The van der Waals surface area contributed by atoms with Crippen LogP contribution < -0.4 is 0 Å². The largest absolute Gasteiger partial charge is 0.508 e. The summed E-state index contributed by atoms with van der Waals surface area (Å²) in [4.78, 5) is 2.56. The molecule has 0 saturated carbocycles. The number of para-hydroxylation sites is 1. The summed E-state index contributed by atoms with van der Waals surface area (Å²) in [5, 5.41) is 10.2. The van der Waals surface area contributed by atoms with Crippen LogP contribution >= 0.6 is 0 Å². The van der Waals surface area contributed by atoms with Gasteiger partial charge in [0.2, 0.25) is 0 Å². The number of rotatable bonds is 9. The zero-order valence-corrected chi connectivity index (χ0v) is 14.5. The molecule has 0 saturated heterocycles. The van der Waals surface area contributed by atoms with Crippen LogP contribution in [0.5, 0.6) is 5.75 Å². The van der Waals surface area contributed by atoms with E-state index in [1.54, 1.807) is 6.07 Å². The molecule has 0 aliphatic heterocycles. The second-order valence-electron chi connectivity index (χ2n) is 6.88. The van der Waals surface area contributed by atoms with Crippen LogP contribution in [0.15, 0.2) is 24.3 Å². The van der Waals surface area contributed by atoms with Crippen LogP contribution in [0.4, 0.5) is 0 Å². The molecular weight excluding hydrogens is 258 g/mol. The van der Waals surface area contributed by atoms with Crippen molar-refractivity contribution >= 4 is 0 Å². The smallest absolute Gasteiger partial charge is 0.120 e. The summed E-state index contributed by atoms with van der Waals surface area (Å²) >= 11 is 0. The van der Waals surface area contributed by atoms with Crippen molar-refractivity contribution in [3.63, 3.8) is 0 Å². The van der Waals surface area contributed by atoms with E-state index < -0.39 is 0 Å². The van der Waals surface area contributed by atoms with Gasteiger partial charge in [-0.05, 0) is 50.3 Å². The van der Waals surface area contributed by atoms with E-state index in [1.807, 2.05) is 12.1 Å². The summed E-state index contributed by atoms with van der Waals surface area (Å²) < 4.78 is 0. The zero-order valence-electron chi connectivity index (χ0n) is 14.5. The summed E-state index contributed by atoms with van der Waals surface area (Å²) in [6.45, 7) is 13.6. The van der Waals surface area contributed by atoms with Gasteiger partial charge in [-0.2, -0.15) is 0 Å². The lowest BCUT2D eigenvalue weighted by Gasteiger charge is -2.33. The molecule has 1 atom stereocenters. The van der Waals surface area contributed by atoms with E-state index in [0.29, 0.717) is 23.6 Å². The molecule has 0 heterocycles. The van der Waals surface area contributed by atoms with E-state index in [4.69, 9.17) is 0 Å². The Morgan fingerprint density at radius 1 is 0.952 bits per heavy atom. The summed E-state index contributed by atoms with van der Waals surface area (Å²) in [6, 6.07) is 8.13. The third-order valence-corrected chi connectivity index (χ3v) is 4.11. The Kier molecular flexibility index (Phi) is 7.81. The fourth-order valence-electron chi connectivity index (χ4n) is 2.72. The topological polar surface area (TPSA) is 23.5 Å². The highest BCUT2D eigenvalue weighted by Crippen LogP contribution is 2.31. The predicted octanol–water partition coefficient (Wildman–Crippen LogP) is 5.24. The van der Waals surface area contributed by atoms with Gasteiger partial charge in [-0.15, -0.1) is 0 Å². The standard InChI is InChI=1S/C19H33NO/c1-6-18(17-9-7-8-10-19(17)21)20(13-11-15(2)3)14-12-16(4)5/h7-10,15-16,18,21H,6,11-14H2,1-5H3. The van der Waals surface area contributed by atoms with Crippen LogP contribution in [0.25, 0.3) is 0 Å². The second kappa shape index (κ2) is 9.09. The first-order valence-corrected chi connectivity index (χ1v) is 8.47. The molecule has 0 aromatic heterocycles. The highest BCUT2D eigenvalue weighted by molar-refractivity contribution is 5.34. The molecule has 21 heavy (non-hydrogen) atoms. The second-order valence-corrected chi connectivity index (χ2v) is 6.88. The number of hydrogen-bond acceptors (Lipinski definition) is 2. The Balaban J connectivity index is 2.88. The van der Waals surface area contributed by atoms with E-state index in [0.717, 1.165) is 25.1 Å². The van der Waals surface area contributed by atoms with Gasteiger partial charge in [0.05, 0.1) is 0 Å². The number of aromatic hydroxyl groups is 1. The minimum atomic E-state index is 0.323. The van der Waals surface area contributed by atoms with Gasteiger partial charge < -0.3 is 5.11 Å². The molecule has 0 amide bonds. The molecule has 1 unspecified atom stereocenters. The average molecular weight is 291 g/mol. The number of hydrogen-bond donors (Lipinski definition) is 1. The number of phenolic OH excluding ortho intramolecular Hbond substituents is 1. The first-order valence-electron chi connectivity index (χ1n) is 8.47. The van der Waals surface area contributed by atoms with E-state index in [2.05, 4.69) is 45.6 Å². The molecular formula is C19H33NO. The Hall–Kier alpha value is -1.02. The monoisotopic (exact) mass is 291 g/mol. The van der Waals surface area contributed by atoms with E-state index in [9.17, 15) is 5.11 Å². The highest BCUT2D eigenvalue weighted by Gasteiger charge is 2.21. The maximum absolute atomic E-state index is 10.2. The molecule has 1 N–H and O–H groups in total.